The van der Waals surface area contributed by atoms with Crippen molar-refractivity contribution in [3.8, 4) is 0 Å². The number of amides is 1. The number of benzene rings is 1. The van der Waals surface area contributed by atoms with E-state index in [4.69, 9.17) is 0 Å². The Hall–Kier alpha value is -1.44. The van der Waals surface area contributed by atoms with Crippen LogP contribution in [0.5, 0.6) is 0 Å². The minimum atomic E-state index is -3.43. The van der Waals surface area contributed by atoms with Gasteiger partial charge in [0.05, 0.1) is 11.5 Å². The summed E-state index contributed by atoms with van der Waals surface area (Å²) in [5.74, 6) is -0.0273. The fraction of sp³-hybridized carbons (Fsp3) is 0.650. The number of nitrogens with one attached hydrogen (secondary N) is 2. The molecule has 0 unspecified atom stereocenters. The van der Waals surface area contributed by atoms with Crippen LogP contribution in [0.25, 0.3) is 0 Å². The van der Waals surface area contributed by atoms with Gasteiger partial charge in [-0.3, -0.25) is 4.79 Å². The third-order valence-corrected chi connectivity index (χ3v) is 7.22. The SMILES string of the molecule is O=C(CCc1ccc(S(=O)(=O)NC2CC2)cc1)NCC1(CO)CCCCC1. The van der Waals surface area contributed by atoms with Crippen LogP contribution >= 0.6 is 0 Å². The van der Waals surface area contributed by atoms with Gasteiger partial charge in [-0.15, -0.1) is 0 Å². The molecule has 7 heteroatoms. The van der Waals surface area contributed by atoms with Crippen LogP contribution in [0.15, 0.2) is 29.2 Å². The molecule has 0 bridgehead atoms. The van der Waals surface area contributed by atoms with Gasteiger partial charge in [0.2, 0.25) is 15.9 Å². The van der Waals surface area contributed by atoms with Crippen molar-refractivity contribution in [3.05, 3.63) is 29.8 Å². The van der Waals surface area contributed by atoms with Crippen molar-refractivity contribution >= 4 is 15.9 Å². The molecular formula is C20H30N2O4S. The average molecular weight is 395 g/mol. The van der Waals surface area contributed by atoms with Gasteiger partial charge in [0, 0.05) is 24.4 Å². The summed E-state index contributed by atoms with van der Waals surface area (Å²) in [6, 6.07) is 6.82. The first kappa shape index (κ1) is 20.3. The predicted molar refractivity (Wildman–Crippen MR) is 104 cm³/mol. The Labute approximate surface area is 161 Å². The van der Waals surface area contributed by atoms with E-state index in [1.165, 1.54) is 6.42 Å². The van der Waals surface area contributed by atoms with Crippen molar-refractivity contribution in [1.82, 2.24) is 10.0 Å². The van der Waals surface area contributed by atoms with Crippen molar-refractivity contribution in [2.75, 3.05) is 13.2 Å². The number of aliphatic hydroxyl groups excluding tert-OH is 1. The molecule has 1 aromatic carbocycles. The smallest absolute Gasteiger partial charge is 0.240 e. The number of aliphatic hydroxyl groups is 1. The molecule has 0 atom stereocenters. The topological polar surface area (TPSA) is 95.5 Å². The molecule has 6 nitrogen and oxygen atoms in total. The van der Waals surface area contributed by atoms with Crippen LogP contribution in [0, 0.1) is 5.41 Å². The average Bonchev–Trinajstić information content (AvgIpc) is 3.49. The number of carbonyl (C=O) groups is 1. The molecule has 0 aliphatic heterocycles. The van der Waals surface area contributed by atoms with Gasteiger partial charge >= 0.3 is 0 Å². The van der Waals surface area contributed by atoms with Gasteiger partial charge in [-0.25, -0.2) is 13.1 Å². The normalized spacial score (nSPS) is 19.6. The number of sulfonamides is 1. The lowest BCUT2D eigenvalue weighted by atomic mass is 9.74. The molecule has 1 aromatic rings. The highest BCUT2D eigenvalue weighted by molar-refractivity contribution is 7.89. The van der Waals surface area contributed by atoms with Gasteiger partial charge in [-0.05, 0) is 49.8 Å². The third-order valence-electron chi connectivity index (χ3n) is 5.68. The largest absolute Gasteiger partial charge is 0.396 e. The Morgan fingerprint density at radius 1 is 1.11 bits per heavy atom. The van der Waals surface area contributed by atoms with Gasteiger partial charge in [0.25, 0.3) is 0 Å². The van der Waals surface area contributed by atoms with Crippen LogP contribution in [0.4, 0.5) is 0 Å². The van der Waals surface area contributed by atoms with E-state index in [1.54, 1.807) is 24.3 Å². The third kappa shape index (κ3) is 5.77. The highest BCUT2D eigenvalue weighted by Crippen LogP contribution is 2.35. The second kappa shape index (κ2) is 8.71. The van der Waals surface area contributed by atoms with Crippen molar-refractivity contribution < 1.29 is 18.3 Å². The van der Waals surface area contributed by atoms with Crippen LogP contribution in [0.3, 0.4) is 0 Å². The van der Waals surface area contributed by atoms with Crippen molar-refractivity contribution in [3.63, 3.8) is 0 Å². The summed E-state index contributed by atoms with van der Waals surface area (Å²) in [7, 11) is -3.43. The van der Waals surface area contributed by atoms with E-state index in [1.807, 2.05) is 0 Å². The lowest BCUT2D eigenvalue weighted by Gasteiger charge is -2.35. The molecule has 2 saturated carbocycles. The summed E-state index contributed by atoms with van der Waals surface area (Å²) in [5.41, 5.74) is 0.781. The van der Waals surface area contributed by atoms with Crippen molar-refractivity contribution in [2.45, 2.75) is 68.7 Å². The molecule has 0 heterocycles. The monoisotopic (exact) mass is 394 g/mol. The molecule has 2 aliphatic carbocycles. The summed E-state index contributed by atoms with van der Waals surface area (Å²) >= 11 is 0. The zero-order chi connectivity index (χ0) is 19.3. The van der Waals surface area contributed by atoms with E-state index in [-0.39, 0.29) is 28.9 Å². The van der Waals surface area contributed by atoms with E-state index in [0.29, 0.717) is 19.4 Å². The summed E-state index contributed by atoms with van der Waals surface area (Å²) in [6.07, 6.45) is 8.10. The summed E-state index contributed by atoms with van der Waals surface area (Å²) in [6.45, 7) is 0.657. The highest BCUT2D eigenvalue weighted by Gasteiger charge is 2.31. The number of hydrogen-bond acceptors (Lipinski definition) is 4. The number of aryl methyl sites for hydroxylation is 1. The maximum Gasteiger partial charge on any atom is 0.240 e. The van der Waals surface area contributed by atoms with Crippen LogP contribution in [0.1, 0.15) is 56.9 Å². The zero-order valence-corrected chi connectivity index (χ0v) is 16.6. The van der Waals surface area contributed by atoms with Gasteiger partial charge in [-0.2, -0.15) is 0 Å². The van der Waals surface area contributed by atoms with Crippen LogP contribution in [-0.2, 0) is 21.2 Å². The van der Waals surface area contributed by atoms with E-state index in [9.17, 15) is 18.3 Å². The predicted octanol–water partition coefficient (Wildman–Crippen LogP) is 2.12. The molecular weight excluding hydrogens is 364 g/mol. The van der Waals surface area contributed by atoms with E-state index in [2.05, 4.69) is 10.0 Å². The highest BCUT2D eigenvalue weighted by atomic mass is 32.2. The minimum absolute atomic E-state index is 0.0273. The summed E-state index contributed by atoms with van der Waals surface area (Å²) in [4.78, 5) is 12.4. The standard InChI is InChI=1S/C20H30N2O4S/c23-15-20(12-2-1-3-13-20)14-21-19(24)11-6-16-4-9-18(10-5-16)27(25,26)22-17-7-8-17/h4-5,9-10,17,22-23H,1-3,6-8,11-15H2,(H,21,24). The van der Waals surface area contributed by atoms with Gasteiger partial charge in [0.1, 0.15) is 0 Å². The number of carbonyl (C=O) groups excluding carboxylic acids is 1. The molecule has 0 spiro atoms. The van der Waals surface area contributed by atoms with Crippen LogP contribution in [0.2, 0.25) is 0 Å². The Bertz CT molecular complexity index is 736. The fourth-order valence-corrected chi connectivity index (χ4v) is 4.95. The molecule has 27 heavy (non-hydrogen) atoms. The molecule has 3 N–H and O–H groups in total. The first-order valence-corrected chi connectivity index (χ1v) is 11.4. The number of rotatable bonds is 9. The second-order valence-corrected chi connectivity index (χ2v) is 9.75. The number of hydrogen-bond donors (Lipinski definition) is 3. The Balaban J connectivity index is 1.45. The molecule has 3 rings (SSSR count). The zero-order valence-electron chi connectivity index (χ0n) is 15.7. The minimum Gasteiger partial charge on any atom is -0.396 e. The molecule has 0 radical (unpaired) electrons. The second-order valence-electron chi connectivity index (χ2n) is 8.04. The van der Waals surface area contributed by atoms with Gasteiger partial charge in [0.15, 0.2) is 0 Å². The first-order chi connectivity index (χ1) is 12.9. The molecule has 1 amide bonds. The molecule has 0 saturated heterocycles. The lowest BCUT2D eigenvalue weighted by Crippen LogP contribution is -2.41. The fourth-order valence-electron chi connectivity index (χ4n) is 3.65. The Kier molecular flexibility index (Phi) is 6.55. The van der Waals surface area contributed by atoms with E-state index < -0.39 is 10.0 Å². The van der Waals surface area contributed by atoms with Crippen LogP contribution in [-0.4, -0.2) is 38.6 Å². The maximum absolute atomic E-state index is 12.2. The Morgan fingerprint density at radius 2 is 1.78 bits per heavy atom. The quantitative estimate of drug-likeness (QED) is 0.598. The maximum atomic E-state index is 12.2. The summed E-state index contributed by atoms with van der Waals surface area (Å²) < 4.78 is 27.0. The van der Waals surface area contributed by atoms with Crippen molar-refractivity contribution in [2.24, 2.45) is 5.41 Å². The first-order valence-electron chi connectivity index (χ1n) is 9.91. The Morgan fingerprint density at radius 3 is 2.37 bits per heavy atom. The van der Waals surface area contributed by atoms with E-state index >= 15 is 0 Å². The van der Waals surface area contributed by atoms with Crippen LogP contribution < -0.4 is 10.0 Å². The van der Waals surface area contributed by atoms with Gasteiger partial charge in [-0.1, -0.05) is 31.4 Å². The summed E-state index contributed by atoms with van der Waals surface area (Å²) in [5, 5.41) is 12.7. The van der Waals surface area contributed by atoms with Crippen molar-refractivity contribution in [1.29, 1.82) is 0 Å². The molecule has 0 aromatic heterocycles. The molecule has 2 aliphatic rings. The molecule has 150 valence electrons. The molecule has 2 fully saturated rings. The van der Waals surface area contributed by atoms with Gasteiger partial charge < -0.3 is 10.4 Å². The van der Waals surface area contributed by atoms with E-state index in [0.717, 1.165) is 44.1 Å². The lowest BCUT2D eigenvalue weighted by molar-refractivity contribution is -0.121.